The van der Waals surface area contributed by atoms with E-state index in [-0.39, 0.29) is 35.8 Å². The summed E-state index contributed by atoms with van der Waals surface area (Å²) in [5, 5.41) is 3.47. The molecule has 0 saturated carbocycles. The number of halogens is 1. The Labute approximate surface area is 208 Å². The van der Waals surface area contributed by atoms with Crippen molar-refractivity contribution in [1.82, 2.24) is 15.2 Å². The quantitative estimate of drug-likeness (QED) is 0.314. The molecule has 3 rings (SSSR count). The number of nitrogens with one attached hydrogen (secondary N) is 1. The Kier molecular flexibility index (Phi) is 10.2. The predicted molar refractivity (Wildman–Crippen MR) is 141 cm³/mol. The number of benzene rings is 1. The van der Waals surface area contributed by atoms with Crippen LogP contribution in [0.5, 0.6) is 0 Å². The van der Waals surface area contributed by atoms with Gasteiger partial charge in [0.1, 0.15) is 5.82 Å². The molecule has 1 aromatic carbocycles. The second-order valence-corrected chi connectivity index (χ2v) is 8.08. The highest BCUT2D eigenvalue weighted by molar-refractivity contribution is 14.0. The van der Waals surface area contributed by atoms with E-state index >= 15 is 0 Å². The molecular formula is C24H35IN6O. The van der Waals surface area contributed by atoms with Gasteiger partial charge < -0.3 is 20.9 Å². The van der Waals surface area contributed by atoms with E-state index in [1.54, 1.807) is 7.05 Å². The Morgan fingerprint density at radius 1 is 1.22 bits per heavy atom. The van der Waals surface area contributed by atoms with Gasteiger partial charge in [-0.2, -0.15) is 0 Å². The number of aryl methyl sites for hydroxylation is 1. The number of rotatable bonds is 7. The highest BCUT2D eigenvalue weighted by Crippen LogP contribution is 2.24. The van der Waals surface area contributed by atoms with Gasteiger partial charge in [-0.15, -0.1) is 24.0 Å². The summed E-state index contributed by atoms with van der Waals surface area (Å²) in [4.78, 5) is 24.9. The number of guanidine groups is 1. The third-order valence-corrected chi connectivity index (χ3v) is 5.93. The van der Waals surface area contributed by atoms with Crippen LogP contribution in [0, 0.1) is 5.92 Å². The normalized spacial score (nSPS) is 14.6. The minimum atomic E-state index is -0.196. The molecule has 0 aliphatic carbocycles. The number of pyridine rings is 1. The maximum Gasteiger partial charge on any atom is 0.220 e. The Balaban J connectivity index is 0.00000363. The first kappa shape index (κ1) is 25.9. The zero-order valence-corrected chi connectivity index (χ0v) is 21.6. The van der Waals surface area contributed by atoms with Gasteiger partial charge in [0, 0.05) is 58.0 Å². The molecule has 2 heterocycles. The van der Waals surface area contributed by atoms with Crippen molar-refractivity contribution in [1.29, 1.82) is 0 Å². The number of carbonyl (C=O) groups is 1. The van der Waals surface area contributed by atoms with Gasteiger partial charge in [0.15, 0.2) is 5.96 Å². The molecule has 3 N–H and O–H groups in total. The van der Waals surface area contributed by atoms with Crippen molar-refractivity contribution in [3.05, 3.63) is 59.3 Å². The Hall–Kier alpha value is -2.36. The van der Waals surface area contributed by atoms with Crippen molar-refractivity contribution in [3.63, 3.8) is 0 Å². The molecule has 32 heavy (non-hydrogen) atoms. The van der Waals surface area contributed by atoms with Gasteiger partial charge in [-0.3, -0.25) is 9.79 Å². The first-order chi connectivity index (χ1) is 15.0. The SMILES string of the molecule is CCc1ccc(CN(C)C(=NC)NCc2cccnc2N2CCC(C(N)=O)CC2)cc1.I. The van der Waals surface area contributed by atoms with Crippen LogP contribution in [0.25, 0.3) is 0 Å². The number of primary amides is 1. The Morgan fingerprint density at radius 3 is 2.47 bits per heavy atom. The molecule has 1 aliphatic rings. The van der Waals surface area contributed by atoms with Crippen LogP contribution < -0.4 is 16.0 Å². The molecule has 1 aromatic heterocycles. The van der Waals surface area contributed by atoms with Gasteiger partial charge in [-0.05, 0) is 36.5 Å². The Morgan fingerprint density at radius 2 is 1.88 bits per heavy atom. The molecule has 0 radical (unpaired) electrons. The maximum atomic E-state index is 11.5. The molecule has 1 fully saturated rings. The number of hydrogen-bond donors (Lipinski definition) is 2. The number of nitrogens with zero attached hydrogens (tertiary/aromatic N) is 4. The van der Waals surface area contributed by atoms with E-state index in [0.717, 1.165) is 56.2 Å². The van der Waals surface area contributed by atoms with Crippen LogP contribution in [0.2, 0.25) is 0 Å². The summed E-state index contributed by atoms with van der Waals surface area (Å²) in [6.07, 6.45) is 4.42. The largest absolute Gasteiger partial charge is 0.369 e. The lowest BCUT2D eigenvalue weighted by molar-refractivity contribution is -0.122. The van der Waals surface area contributed by atoms with E-state index in [9.17, 15) is 4.79 Å². The fraction of sp³-hybridized carbons (Fsp3) is 0.458. The standard InChI is InChI=1S/C24H34N6O.HI/c1-4-18-7-9-19(10-8-18)17-29(3)24(26-2)28-16-21-6-5-13-27-23(21)30-14-11-20(12-15-30)22(25)31;/h5-10,13,20H,4,11-12,14-17H2,1-3H3,(H2,25,31)(H,26,28);1H. The fourth-order valence-electron chi connectivity index (χ4n) is 4.02. The van der Waals surface area contributed by atoms with Crippen LogP contribution in [0.4, 0.5) is 5.82 Å². The van der Waals surface area contributed by atoms with E-state index in [1.807, 2.05) is 19.3 Å². The van der Waals surface area contributed by atoms with Crippen molar-refractivity contribution >= 4 is 41.7 Å². The minimum Gasteiger partial charge on any atom is -0.369 e. The number of aromatic nitrogens is 1. The molecule has 0 bridgehead atoms. The van der Waals surface area contributed by atoms with Gasteiger partial charge in [0.05, 0.1) is 0 Å². The average molecular weight is 550 g/mol. The molecule has 7 nitrogen and oxygen atoms in total. The van der Waals surface area contributed by atoms with Crippen LogP contribution >= 0.6 is 24.0 Å². The molecule has 1 aliphatic heterocycles. The summed E-state index contributed by atoms with van der Waals surface area (Å²) < 4.78 is 0. The zero-order chi connectivity index (χ0) is 22.2. The van der Waals surface area contributed by atoms with Crippen LogP contribution in [0.15, 0.2) is 47.6 Å². The highest BCUT2D eigenvalue weighted by Gasteiger charge is 2.25. The van der Waals surface area contributed by atoms with Gasteiger partial charge >= 0.3 is 0 Å². The van der Waals surface area contributed by atoms with Gasteiger partial charge in [0.25, 0.3) is 0 Å². The summed E-state index contributed by atoms with van der Waals surface area (Å²) in [5.74, 6) is 1.58. The number of aliphatic imine (C=N–C) groups is 1. The monoisotopic (exact) mass is 550 g/mol. The lowest BCUT2D eigenvalue weighted by Gasteiger charge is -2.32. The molecule has 2 aromatic rings. The van der Waals surface area contributed by atoms with Crippen molar-refractivity contribution in [2.24, 2.45) is 16.6 Å². The smallest absolute Gasteiger partial charge is 0.220 e. The maximum absolute atomic E-state index is 11.5. The van der Waals surface area contributed by atoms with Gasteiger partial charge in [-0.1, -0.05) is 37.3 Å². The number of amides is 1. The molecule has 0 unspecified atom stereocenters. The van der Waals surface area contributed by atoms with E-state index in [2.05, 4.69) is 62.3 Å². The van der Waals surface area contributed by atoms with E-state index in [0.29, 0.717) is 6.54 Å². The summed E-state index contributed by atoms with van der Waals surface area (Å²) >= 11 is 0. The fourth-order valence-corrected chi connectivity index (χ4v) is 4.02. The van der Waals surface area contributed by atoms with Crippen molar-refractivity contribution in [2.75, 3.05) is 32.1 Å². The summed E-state index contributed by atoms with van der Waals surface area (Å²) in [6.45, 7) is 5.16. The van der Waals surface area contributed by atoms with Crippen molar-refractivity contribution < 1.29 is 4.79 Å². The van der Waals surface area contributed by atoms with E-state index in [4.69, 9.17) is 5.73 Å². The van der Waals surface area contributed by atoms with Crippen LogP contribution in [0.3, 0.4) is 0 Å². The molecular weight excluding hydrogens is 515 g/mol. The molecule has 1 amide bonds. The first-order valence-corrected chi connectivity index (χ1v) is 11.0. The zero-order valence-electron chi connectivity index (χ0n) is 19.3. The third kappa shape index (κ3) is 6.82. The van der Waals surface area contributed by atoms with Crippen LogP contribution in [-0.2, 0) is 24.3 Å². The number of piperidine rings is 1. The second-order valence-electron chi connectivity index (χ2n) is 8.08. The predicted octanol–water partition coefficient (Wildman–Crippen LogP) is 3.17. The second kappa shape index (κ2) is 12.6. The number of carbonyl (C=O) groups excluding carboxylic acids is 1. The molecule has 8 heteroatoms. The lowest BCUT2D eigenvalue weighted by atomic mass is 9.96. The van der Waals surface area contributed by atoms with E-state index in [1.165, 1.54) is 11.1 Å². The molecule has 1 saturated heterocycles. The minimum absolute atomic E-state index is 0. The Bertz CT molecular complexity index is 894. The average Bonchev–Trinajstić information content (AvgIpc) is 2.80. The van der Waals surface area contributed by atoms with Crippen LogP contribution in [-0.4, -0.2) is 48.9 Å². The first-order valence-electron chi connectivity index (χ1n) is 11.0. The van der Waals surface area contributed by atoms with Gasteiger partial charge in [0.2, 0.25) is 5.91 Å². The van der Waals surface area contributed by atoms with Gasteiger partial charge in [-0.25, -0.2) is 4.98 Å². The molecule has 0 atom stereocenters. The number of anilines is 1. The lowest BCUT2D eigenvalue weighted by Crippen LogP contribution is -2.40. The topological polar surface area (TPSA) is 86.8 Å². The van der Waals surface area contributed by atoms with Crippen molar-refractivity contribution in [2.45, 2.75) is 39.3 Å². The summed E-state index contributed by atoms with van der Waals surface area (Å²) in [5.41, 5.74) is 9.18. The molecule has 174 valence electrons. The highest BCUT2D eigenvalue weighted by atomic mass is 127. The van der Waals surface area contributed by atoms with Crippen LogP contribution in [0.1, 0.15) is 36.5 Å². The van der Waals surface area contributed by atoms with Crippen molar-refractivity contribution in [3.8, 4) is 0 Å². The third-order valence-electron chi connectivity index (χ3n) is 5.93. The van der Waals surface area contributed by atoms with E-state index < -0.39 is 0 Å². The summed E-state index contributed by atoms with van der Waals surface area (Å²) in [7, 11) is 3.85. The molecule has 0 spiro atoms. The number of hydrogen-bond acceptors (Lipinski definition) is 4. The summed E-state index contributed by atoms with van der Waals surface area (Å²) in [6, 6.07) is 12.8. The number of nitrogens with two attached hydrogens (primary N) is 1.